The van der Waals surface area contributed by atoms with Crippen molar-refractivity contribution in [1.29, 1.82) is 0 Å². The van der Waals surface area contributed by atoms with Gasteiger partial charge in [0.05, 0.1) is 6.10 Å². The Balaban J connectivity index is 2.20. The lowest BCUT2D eigenvalue weighted by Gasteiger charge is -2.14. The van der Waals surface area contributed by atoms with Gasteiger partial charge in [0.25, 0.3) is 0 Å². The molecule has 2 atom stereocenters. The van der Waals surface area contributed by atoms with E-state index in [1.54, 1.807) is 0 Å². The zero-order valence-electron chi connectivity index (χ0n) is 8.03. The van der Waals surface area contributed by atoms with E-state index in [4.69, 9.17) is 0 Å². The molecule has 0 saturated heterocycles. The van der Waals surface area contributed by atoms with E-state index in [9.17, 15) is 5.11 Å². The summed E-state index contributed by atoms with van der Waals surface area (Å²) in [6.45, 7) is 2.09. The smallest absolute Gasteiger partial charge is 0.0608 e. The summed E-state index contributed by atoms with van der Waals surface area (Å²) in [7, 11) is 0. The second kappa shape index (κ2) is 3.51. The normalized spacial score (nSPS) is 27.8. The van der Waals surface area contributed by atoms with Gasteiger partial charge in [0.2, 0.25) is 0 Å². The molecule has 1 N–H and O–H groups in total. The summed E-state index contributed by atoms with van der Waals surface area (Å²) in [5.41, 5.74) is 2.59. The molecule has 1 aromatic carbocycles. The molecule has 13 heavy (non-hydrogen) atoms. The number of aryl methyl sites for hydroxylation is 1. The minimum absolute atomic E-state index is 0.109. The van der Waals surface area contributed by atoms with Crippen LogP contribution in [0.15, 0.2) is 24.3 Å². The van der Waals surface area contributed by atoms with E-state index >= 15 is 0 Å². The lowest BCUT2D eigenvalue weighted by molar-refractivity contribution is 0.164. The fourth-order valence-electron chi connectivity index (χ4n) is 2.14. The monoisotopic (exact) mass is 176 g/mol. The third-order valence-electron chi connectivity index (χ3n) is 2.98. The minimum Gasteiger partial charge on any atom is -0.392 e. The van der Waals surface area contributed by atoms with Crippen molar-refractivity contribution in [2.75, 3.05) is 0 Å². The lowest BCUT2D eigenvalue weighted by Crippen LogP contribution is -2.10. The van der Waals surface area contributed by atoms with Crippen molar-refractivity contribution in [3.05, 3.63) is 35.4 Å². The van der Waals surface area contributed by atoms with Gasteiger partial charge in [-0.3, -0.25) is 0 Å². The second-order valence-electron chi connectivity index (χ2n) is 4.02. The molecule has 1 nitrogen and oxygen atoms in total. The van der Waals surface area contributed by atoms with Crippen LogP contribution in [0.3, 0.4) is 0 Å². The van der Waals surface area contributed by atoms with Gasteiger partial charge in [0.15, 0.2) is 0 Å². The first kappa shape index (κ1) is 8.76. The van der Waals surface area contributed by atoms with Crippen molar-refractivity contribution in [2.45, 2.75) is 38.2 Å². The summed E-state index contributed by atoms with van der Waals surface area (Å²) in [5, 5.41) is 9.71. The van der Waals surface area contributed by atoms with E-state index in [0.29, 0.717) is 5.92 Å². The standard InChI is InChI=1S/C12H16O/c1-9-5-7-10(8-6-9)11-3-2-4-12(11)13/h5-8,11-13H,2-4H2,1H3/t11-,12+/m0/s1. The SMILES string of the molecule is Cc1ccc([C@@H]2CCC[C@H]2O)cc1. The van der Waals surface area contributed by atoms with Gasteiger partial charge in [-0.05, 0) is 25.3 Å². The van der Waals surface area contributed by atoms with Crippen molar-refractivity contribution in [3.8, 4) is 0 Å². The van der Waals surface area contributed by atoms with Crippen molar-refractivity contribution < 1.29 is 5.11 Å². The van der Waals surface area contributed by atoms with Gasteiger partial charge < -0.3 is 5.11 Å². The summed E-state index contributed by atoms with van der Waals surface area (Å²) < 4.78 is 0. The fraction of sp³-hybridized carbons (Fsp3) is 0.500. The van der Waals surface area contributed by atoms with Crippen LogP contribution in [0.4, 0.5) is 0 Å². The van der Waals surface area contributed by atoms with E-state index in [2.05, 4.69) is 31.2 Å². The average Bonchev–Trinajstić information content (AvgIpc) is 2.53. The van der Waals surface area contributed by atoms with Crippen LogP contribution >= 0.6 is 0 Å². The molecule has 1 aliphatic carbocycles. The first-order valence-electron chi connectivity index (χ1n) is 5.02. The van der Waals surface area contributed by atoms with Crippen LogP contribution < -0.4 is 0 Å². The van der Waals surface area contributed by atoms with Crippen LogP contribution in [0.2, 0.25) is 0 Å². The molecule has 0 spiro atoms. The Morgan fingerprint density at radius 2 is 1.85 bits per heavy atom. The highest BCUT2D eigenvalue weighted by molar-refractivity contribution is 5.26. The van der Waals surface area contributed by atoms with Gasteiger partial charge in [-0.1, -0.05) is 36.2 Å². The van der Waals surface area contributed by atoms with Crippen molar-refractivity contribution in [1.82, 2.24) is 0 Å². The van der Waals surface area contributed by atoms with Crippen LogP contribution in [0.1, 0.15) is 36.3 Å². The van der Waals surface area contributed by atoms with E-state index in [0.717, 1.165) is 12.8 Å². The van der Waals surface area contributed by atoms with E-state index < -0.39 is 0 Å². The van der Waals surface area contributed by atoms with Gasteiger partial charge in [-0.2, -0.15) is 0 Å². The Hall–Kier alpha value is -0.820. The minimum atomic E-state index is -0.109. The molecule has 1 saturated carbocycles. The van der Waals surface area contributed by atoms with Gasteiger partial charge in [-0.15, -0.1) is 0 Å². The Bertz CT molecular complexity index is 276. The molecule has 1 fully saturated rings. The first-order chi connectivity index (χ1) is 6.27. The number of aliphatic hydroxyl groups is 1. The molecule has 2 rings (SSSR count). The summed E-state index contributed by atoms with van der Waals surface area (Å²) in [6.07, 6.45) is 3.17. The molecular formula is C12H16O. The van der Waals surface area contributed by atoms with E-state index in [1.807, 2.05) is 0 Å². The van der Waals surface area contributed by atoms with Crippen LogP contribution in [0.25, 0.3) is 0 Å². The predicted molar refractivity (Wildman–Crippen MR) is 53.8 cm³/mol. The highest BCUT2D eigenvalue weighted by Crippen LogP contribution is 2.34. The van der Waals surface area contributed by atoms with Gasteiger partial charge >= 0.3 is 0 Å². The third-order valence-corrected chi connectivity index (χ3v) is 2.98. The Morgan fingerprint density at radius 1 is 1.15 bits per heavy atom. The highest BCUT2D eigenvalue weighted by atomic mass is 16.3. The maximum absolute atomic E-state index is 9.71. The number of aliphatic hydroxyl groups excluding tert-OH is 1. The maximum atomic E-state index is 9.71. The fourth-order valence-corrected chi connectivity index (χ4v) is 2.14. The molecule has 0 aromatic heterocycles. The molecule has 0 amide bonds. The van der Waals surface area contributed by atoms with Gasteiger partial charge in [0.1, 0.15) is 0 Å². The number of rotatable bonds is 1. The predicted octanol–water partition coefficient (Wildman–Crippen LogP) is 2.62. The van der Waals surface area contributed by atoms with Crippen molar-refractivity contribution in [2.24, 2.45) is 0 Å². The molecule has 0 unspecified atom stereocenters. The molecule has 1 aromatic rings. The molecular weight excluding hydrogens is 160 g/mol. The van der Waals surface area contributed by atoms with Gasteiger partial charge in [-0.25, -0.2) is 0 Å². The average molecular weight is 176 g/mol. The van der Waals surface area contributed by atoms with Crippen LogP contribution in [-0.4, -0.2) is 11.2 Å². The van der Waals surface area contributed by atoms with Crippen LogP contribution in [-0.2, 0) is 0 Å². The maximum Gasteiger partial charge on any atom is 0.0608 e. The Morgan fingerprint density at radius 3 is 2.38 bits per heavy atom. The van der Waals surface area contributed by atoms with Crippen molar-refractivity contribution in [3.63, 3.8) is 0 Å². The molecule has 0 bridgehead atoms. The molecule has 0 aliphatic heterocycles. The topological polar surface area (TPSA) is 20.2 Å². The largest absolute Gasteiger partial charge is 0.392 e. The summed E-state index contributed by atoms with van der Waals surface area (Å²) in [4.78, 5) is 0. The Labute approximate surface area is 79.4 Å². The molecule has 0 radical (unpaired) electrons. The molecule has 1 aliphatic rings. The zero-order valence-corrected chi connectivity index (χ0v) is 8.03. The summed E-state index contributed by atoms with van der Waals surface area (Å²) in [5.74, 6) is 0.389. The quantitative estimate of drug-likeness (QED) is 0.697. The molecule has 70 valence electrons. The third kappa shape index (κ3) is 1.75. The van der Waals surface area contributed by atoms with Crippen LogP contribution in [0.5, 0.6) is 0 Å². The van der Waals surface area contributed by atoms with Gasteiger partial charge in [0, 0.05) is 5.92 Å². The first-order valence-corrected chi connectivity index (χ1v) is 5.02. The van der Waals surface area contributed by atoms with Crippen molar-refractivity contribution >= 4 is 0 Å². The zero-order chi connectivity index (χ0) is 9.26. The van der Waals surface area contributed by atoms with E-state index in [1.165, 1.54) is 17.5 Å². The number of hydrogen-bond acceptors (Lipinski definition) is 1. The number of hydrogen-bond donors (Lipinski definition) is 1. The lowest BCUT2D eigenvalue weighted by atomic mass is 9.95. The Kier molecular flexibility index (Phi) is 2.36. The summed E-state index contributed by atoms with van der Waals surface area (Å²) >= 11 is 0. The molecule has 1 heteroatoms. The molecule has 0 heterocycles. The second-order valence-corrected chi connectivity index (χ2v) is 4.02. The van der Waals surface area contributed by atoms with Crippen LogP contribution in [0, 0.1) is 6.92 Å². The van der Waals surface area contributed by atoms with E-state index in [-0.39, 0.29) is 6.10 Å². The number of benzene rings is 1. The summed E-state index contributed by atoms with van der Waals surface area (Å²) in [6, 6.07) is 8.55. The highest BCUT2D eigenvalue weighted by Gasteiger charge is 2.26.